The van der Waals surface area contributed by atoms with Crippen molar-refractivity contribution in [2.24, 2.45) is 0 Å². The van der Waals surface area contributed by atoms with E-state index in [4.69, 9.17) is 9.47 Å². The maximum atomic E-state index is 12.8. The number of nitrogens with zero attached hydrogens (tertiary/aromatic N) is 1. The summed E-state index contributed by atoms with van der Waals surface area (Å²) in [6.07, 6.45) is 0. The van der Waals surface area contributed by atoms with E-state index >= 15 is 0 Å². The molecule has 0 aromatic heterocycles. The highest BCUT2D eigenvalue weighted by Crippen LogP contribution is 2.28. The first-order chi connectivity index (χ1) is 12.9. The summed E-state index contributed by atoms with van der Waals surface area (Å²) >= 11 is 0. The van der Waals surface area contributed by atoms with Gasteiger partial charge in [-0.2, -0.15) is 0 Å². The molecule has 0 unspecified atom stereocenters. The Morgan fingerprint density at radius 3 is 2.04 bits per heavy atom. The van der Waals surface area contributed by atoms with Gasteiger partial charge in [-0.05, 0) is 24.3 Å². The van der Waals surface area contributed by atoms with Gasteiger partial charge in [0.2, 0.25) is 0 Å². The number of amides is 1. The first-order valence-corrected chi connectivity index (χ1v) is 8.95. The number of carbonyl (C=O) groups is 1. The number of anilines is 1. The van der Waals surface area contributed by atoms with E-state index < -0.39 is 0 Å². The number of ether oxygens (including phenoxy) is 2. The highest BCUT2D eigenvalue weighted by molar-refractivity contribution is 5.99. The summed E-state index contributed by atoms with van der Waals surface area (Å²) < 4.78 is 10.7. The maximum Gasteiger partial charge on any atom is 0.259 e. The van der Waals surface area contributed by atoms with E-state index in [1.54, 1.807) is 32.4 Å². The monoisotopic (exact) mass is 372 g/mol. The first-order valence-electron chi connectivity index (χ1n) is 8.95. The third kappa shape index (κ3) is 4.92. The molecule has 27 heavy (non-hydrogen) atoms. The van der Waals surface area contributed by atoms with Crippen molar-refractivity contribution in [3.63, 3.8) is 0 Å². The highest BCUT2D eigenvalue weighted by Gasteiger charge is 2.22. The maximum absolute atomic E-state index is 12.8. The molecular formula is C21H30N3O3+. The van der Waals surface area contributed by atoms with Gasteiger partial charge in [-0.3, -0.25) is 4.79 Å². The number of hydrogen-bond acceptors (Lipinski definition) is 4. The Labute approximate surface area is 161 Å². The Morgan fingerprint density at radius 1 is 1.04 bits per heavy atom. The van der Waals surface area contributed by atoms with Crippen LogP contribution in [0.15, 0.2) is 42.5 Å². The summed E-state index contributed by atoms with van der Waals surface area (Å²) in [4.78, 5) is 16.1. The fourth-order valence-corrected chi connectivity index (χ4v) is 3.02. The van der Waals surface area contributed by atoms with E-state index in [2.05, 4.69) is 48.6 Å². The molecule has 0 aliphatic rings. The van der Waals surface area contributed by atoms with Crippen molar-refractivity contribution in [2.45, 2.75) is 6.04 Å². The van der Waals surface area contributed by atoms with Crippen molar-refractivity contribution in [1.82, 2.24) is 5.32 Å². The van der Waals surface area contributed by atoms with Crippen LogP contribution in [0.25, 0.3) is 0 Å². The van der Waals surface area contributed by atoms with Gasteiger partial charge in [-0.1, -0.05) is 18.2 Å². The van der Waals surface area contributed by atoms with Crippen molar-refractivity contribution in [1.29, 1.82) is 0 Å². The Morgan fingerprint density at radius 2 is 1.59 bits per heavy atom. The number of carbonyl (C=O) groups excluding carboxylic acids is 1. The van der Waals surface area contributed by atoms with Gasteiger partial charge in [0.1, 0.15) is 23.1 Å². The minimum absolute atomic E-state index is 0.130. The number of rotatable bonds is 8. The zero-order valence-electron chi connectivity index (χ0n) is 17.0. The van der Waals surface area contributed by atoms with Gasteiger partial charge in [-0.15, -0.1) is 0 Å². The summed E-state index contributed by atoms with van der Waals surface area (Å²) in [5.41, 5.74) is 2.74. The minimum Gasteiger partial charge on any atom is -0.496 e. The first kappa shape index (κ1) is 20.6. The van der Waals surface area contributed by atoms with Gasteiger partial charge in [0.15, 0.2) is 0 Å². The molecular weight excluding hydrogens is 342 g/mol. The Hall–Kier alpha value is -2.73. The lowest BCUT2D eigenvalue weighted by atomic mass is 10.0. The van der Waals surface area contributed by atoms with Crippen LogP contribution < -0.4 is 24.6 Å². The molecule has 0 bridgehead atoms. The second kappa shape index (κ2) is 9.28. The van der Waals surface area contributed by atoms with Crippen LogP contribution in [0.3, 0.4) is 0 Å². The molecule has 2 rings (SSSR count). The van der Waals surface area contributed by atoms with Crippen molar-refractivity contribution in [3.8, 4) is 11.5 Å². The third-order valence-corrected chi connectivity index (χ3v) is 4.63. The smallest absolute Gasteiger partial charge is 0.259 e. The largest absolute Gasteiger partial charge is 0.496 e. The van der Waals surface area contributed by atoms with Crippen LogP contribution in [0.4, 0.5) is 5.69 Å². The number of benzene rings is 2. The summed E-state index contributed by atoms with van der Waals surface area (Å²) in [6.45, 7) is 0.504. The van der Waals surface area contributed by atoms with E-state index in [0.29, 0.717) is 23.6 Å². The molecule has 2 N–H and O–H groups in total. The van der Waals surface area contributed by atoms with Crippen LogP contribution in [0.2, 0.25) is 0 Å². The molecule has 6 heteroatoms. The predicted octanol–water partition coefficient (Wildman–Crippen LogP) is 1.39. The van der Waals surface area contributed by atoms with Crippen molar-refractivity contribution < 1.29 is 19.2 Å². The van der Waals surface area contributed by atoms with Crippen molar-refractivity contribution in [3.05, 3.63) is 53.6 Å². The Balaban J connectivity index is 2.18. The predicted molar refractivity (Wildman–Crippen MR) is 108 cm³/mol. The van der Waals surface area contributed by atoms with Crippen LogP contribution in [-0.2, 0) is 0 Å². The number of quaternary nitrogens is 1. The Bertz CT molecular complexity index is 736. The van der Waals surface area contributed by atoms with Crippen LogP contribution in [-0.4, -0.2) is 54.9 Å². The summed E-state index contributed by atoms with van der Waals surface area (Å²) in [7, 11) is 11.3. The van der Waals surface area contributed by atoms with Gasteiger partial charge < -0.3 is 24.6 Å². The number of hydrogen-bond donors (Lipinski definition) is 2. The van der Waals surface area contributed by atoms with E-state index in [1.807, 2.05) is 14.1 Å². The van der Waals surface area contributed by atoms with E-state index in [9.17, 15) is 4.79 Å². The van der Waals surface area contributed by atoms with Gasteiger partial charge in [0.25, 0.3) is 5.91 Å². The van der Waals surface area contributed by atoms with Crippen LogP contribution in [0, 0.1) is 0 Å². The van der Waals surface area contributed by atoms with Gasteiger partial charge in [0, 0.05) is 25.3 Å². The summed E-state index contributed by atoms with van der Waals surface area (Å²) in [5, 5.41) is 3.04. The standard InChI is InChI=1S/C21H29N3O3/c1-23(2)16-12-10-15(11-13-16)17(24(3)4)14-22-21(25)20-18(26-5)8-7-9-19(20)27-6/h7-13,17H,14H2,1-6H3,(H,22,25)/p+1/t17-/m0/s1. The molecule has 0 heterocycles. The molecule has 0 saturated heterocycles. The molecule has 2 aromatic carbocycles. The molecule has 0 aliphatic carbocycles. The molecule has 6 nitrogen and oxygen atoms in total. The lowest BCUT2D eigenvalue weighted by molar-refractivity contribution is -0.890. The second-order valence-electron chi connectivity index (χ2n) is 6.86. The second-order valence-corrected chi connectivity index (χ2v) is 6.86. The fourth-order valence-electron chi connectivity index (χ4n) is 3.02. The van der Waals surface area contributed by atoms with Gasteiger partial charge in [0.05, 0.1) is 34.9 Å². The van der Waals surface area contributed by atoms with Crippen molar-refractivity contribution in [2.75, 3.05) is 53.9 Å². The zero-order valence-corrected chi connectivity index (χ0v) is 17.0. The molecule has 2 aromatic rings. The zero-order chi connectivity index (χ0) is 20.0. The average molecular weight is 372 g/mol. The van der Waals surface area contributed by atoms with E-state index in [0.717, 1.165) is 5.69 Å². The minimum atomic E-state index is -0.208. The lowest BCUT2D eigenvalue weighted by Gasteiger charge is -2.23. The molecule has 0 fully saturated rings. The molecule has 1 atom stereocenters. The quantitative estimate of drug-likeness (QED) is 0.735. The number of likely N-dealkylation sites (N-methyl/N-ethyl adjacent to an activating group) is 1. The third-order valence-electron chi connectivity index (χ3n) is 4.63. The van der Waals surface area contributed by atoms with Gasteiger partial charge in [-0.25, -0.2) is 0 Å². The van der Waals surface area contributed by atoms with Crippen LogP contribution >= 0.6 is 0 Å². The fraction of sp³-hybridized carbons (Fsp3) is 0.381. The Kier molecular flexibility index (Phi) is 7.07. The number of methoxy groups -OCH3 is 2. The van der Waals surface area contributed by atoms with Crippen LogP contribution in [0.1, 0.15) is 22.0 Å². The summed E-state index contributed by atoms with van der Waals surface area (Å²) in [5.74, 6) is 0.785. The van der Waals surface area contributed by atoms with Crippen LogP contribution in [0.5, 0.6) is 11.5 Å². The molecule has 0 aliphatic heterocycles. The highest BCUT2D eigenvalue weighted by atomic mass is 16.5. The lowest BCUT2D eigenvalue weighted by Crippen LogP contribution is -3.07. The normalized spacial score (nSPS) is 11.8. The van der Waals surface area contributed by atoms with E-state index in [-0.39, 0.29) is 11.9 Å². The van der Waals surface area contributed by atoms with Gasteiger partial charge >= 0.3 is 0 Å². The summed E-state index contributed by atoms with van der Waals surface area (Å²) in [6, 6.07) is 13.9. The molecule has 1 amide bonds. The van der Waals surface area contributed by atoms with Crippen molar-refractivity contribution >= 4 is 11.6 Å². The average Bonchev–Trinajstić information content (AvgIpc) is 2.67. The molecule has 0 spiro atoms. The molecule has 146 valence electrons. The topological polar surface area (TPSA) is 55.2 Å². The van der Waals surface area contributed by atoms with E-state index in [1.165, 1.54) is 10.5 Å². The number of nitrogens with one attached hydrogen (secondary N) is 2. The molecule has 0 radical (unpaired) electrons. The molecule has 0 saturated carbocycles. The SMILES string of the molecule is COc1cccc(OC)c1C(=O)NC[C@@H](c1ccc(N(C)C)cc1)[NH+](C)C.